The van der Waals surface area contributed by atoms with Crippen LogP contribution in [0.5, 0.6) is 0 Å². The largest absolute Gasteiger partial charge is 0.394 e. The molecular formula is C90H112Br4N5+. The average Bonchev–Trinajstić information content (AvgIpc) is 1.58. The summed E-state index contributed by atoms with van der Waals surface area (Å²) >= 11 is 17.7. The van der Waals surface area contributed by atoms with E-state index in [2.05, 4.69) is 419 Å². The summed E-state index contributed by atoms with van der Waals surface area (Å²) in [6.45, 7) is 58.8. The van der Waals surface area contributed by atoms with E-state index in [1.807, 2.05) is 0 Å². The molecule has 4 atom stereocenters. The summed E-state index contributed by atoms with van der Waals surface area (Å²) in [7, 11) is 0. The fraction of sp³-hybridized carbons (Fsp3) is 0.444. The van der Waals surface area contributed by atoms with Gasteiger partial charge in [0.15, 0.2) is 0 Å². The molecule has 1 saturated heterocycles. The Labute approximate surface area is 631 Å². The Morgan fingerprint density at radius 3 is 0.838 bits per heavy atom. The van der Waals surface area contributed by atoms with Crippen molar-refractivity contribution in [3.8, 4) is 0 Å². The molecule has 1 fully saturated rings. The van der Waals surface area contributed by atoms with E-state index in [1.54, 1.807) is 0 Å². The maximum atomic E-state index is 6.85. The van der Waals surface area contributed by atoms with E-state index in [4.69, 9.17) is 4.99 Å². The number of hydrogen-bond acceptors (Lipinski definition) is 2. The second kappa shape index (κ2) is 28.2. The van der Waals surface area contributed by atoms with Crippen molar-refractivity contribution in [2.45, 2.75) is 260 Å². The molecule has 99 heavy (non-hydrogen) atoms. The van der Waals surface area contributed by atoms with E-state index in [0.717, 1.165) is 29.8 Å². The van der Waals surface area contributed by atoms with Crippen LogP contribution in [0.15, 0.2) is 193 Å². The Morgan fingerprint density at radius 2 is 0.556 bits per heavy atom. The molecule has 2 aliphatic heterocycles. The summed E-state index contributed by atoms with van der Waals surface area (Å²) in [4.78, 5) is 15.0. The van der Waals surface area contributed by atoms with E-state index < -0.39 is 0 Å². The summed E-state index contributed by atoms with van der Waals surface area (Å²) in [6, 6.07) is 64.4. The van der Waals surface area contributed by atoms with Crippen molar-refractivity contribution in [2.75, 3.05) is 0 Å². The average molecular weight is 1580 g/mol. The van der Waals surface area contributed by atoms with Crippen molar-refractivity contribution in [3.05, 3.63) is 277 Å². The van der Waals surface area contributed by atoms with Gasteiger partial charge < -0.3 is 9.80 Å². The van der Waals surface area contributed by atoms with Gasteiger partial charge in [0.25, 0.3) is 5.96 Å². The van der Waals surface area contributed by atoms with Crippen molar-refractivity contribution in [3.63, 3.8) is 0 Å². The SMILES string of the molecule is CC(C)(C)c1cc(CN2C(=NC3=[N+](Cc4cc(C(C)(C)C)cc(C(C)(C)C)c4Br)C(c4ccccc4)C(c4ccccc4)N3Cc3cc(C(C)(C)C)cc(C(C)(C)C)c3Br)N(Cc3cc(C(C)(C)C)cc(C(C)(C)C)c3Br)C(c3ccccc3)C2c2ccccc2)c(Br)c(C(C)(C)C)c1. The molecule has 0 N–H and O–H groups in total. The molecule has 0 saturated carbocycles. The third-order valence-corrected chi connectivity index (χ3v) is 24.1. The van der Waals surface area contributed by atoms with Crippen LogP contribution in [0, 0.1) is 0 Å². The minimum absolute atomic E-state index is 0.139. The lowest BCUT2D eigenvalue weighted by atomic mass is 9.79. The molecule has 0 amide bonds. The normalized spacial score (nSPS) is 17.7. The molecule has 0 bridgehead atoms. The first-order valence-corrected chi connectivity index (χ1v) is 39.1. The highest BCUT2D eigenvalue weighted by atomic mass is 79.9. The van der Waals surface area contributed by atoms with Crippen LogP contribution in [-0.2, 0) is 69.5 Å². The van der Waals surface area contributed by atoms with E-state index in [-0.39, 0.29) is 67.5 Å². The van der Waals surface area contributed by atoms with Crippen LogP contribution in [0.25, 0.3) is 0 Å². The van der Waals surface area contributed by atoms with Gasteiger partial charge in [-0.2, -0.15) is 0 Å². The number of aliphatic imine (C=N–C) groups is 1. The molecule has 0 aliphatic carbocycles. The van der Waals surface area contributed by atoms with E-state index >= 15 is 0 Å². The molecular weight excluding hydrogens is 1470 g/mol. The van der Waals surface area contributed by atoms with Crippen molar-refractivity contribution in [1.82, 2.24) is 14.7 Å². The quantitative estimate of drug-likeness (QED) is 0.114. The van der Waals surface area contributed by atoms with Gasteiger partial charge in [0, 0.05) is 42.1 Å². The smallest absolute Gasteiger partial charge is 0.315 e. The molecule has 10 rings (SSSR count). The van der Waals surface area contributed by atoms with E-state index in [9.17, 15) is 0 Å². The van der Waals surface area contributed by atoms with Crippen LogP contribution in [-0.4, -0.2) is 31.2 Å². The summed E-state index contributed by atoms with van der Waals surface area (Å²) in [6.07, 6.45) is 0. The zero-order valence-electron chi connectivity index (χ0n) is 64.1. The van der Waals surface area contributed by atoms with Crippen LogP contribution in [0.3, 0.4) is 0 Å². The molecule has 2 heterocycles. The molecule has 8 aromatic rings. The predicted octanol–water partition coefficient (Wildman–Crippen LogP) is 25.8. The van der Waals surface area contributed by atoms with Gasteiger partial charge in [-0.15, -0.1) is 0 Å². The lowest BCUT2D eigenvalue weighted by Gasteiger charge is -2.32. The first-order chi connectivity index (χ1) is 45.8. The van der Waals surface area contributed by atoms with Crippen molar-refractivity contribution in [2.24, 2.45) is 4.99 Å². The van der Waals surface area contributed by atoms with Crippen molar-refractivity contribution >= 4 is 75.6 Å². The number of hydrogen-bond donors (Lipinski definition) is 0. The number of nitrogens with zero attached hydrogens (tertiary/aromatic N) is 5. The van der Waals surface area contributed by atoms with Gasteiger partial charge in [-0.3, -0.25) is 0 Å². The van der Waals surface area contributed by atoms with Gasteiger partial charge >= 0.3 is 5.96 Å². The number of rotatable bonds is 12. The summed E-state index contributed by atoms with van der Waals surface area (Å²) in [5.41, 5.74) is 19.0. The van der Waals surface area contributed by atoms with Crippen LogP contribution >= 0.6 is 63.7 Å². The molecule has 524 valence electrons. The molecule has 5 nitrogen and oxygen atoms in total. The summed E-state index contributed by atoms with van der Waals surface area (Å²) in [5.74, 6) is 1.82. The second-order valence-corrected chi connectivity index (χ2v) is 39.8. The minimum atomic E-state index is -0.222. The van der Waals surface area contributed by atoms with Gasteiger partial charge in [0.2, 0.25) is 0 Å². The molecule has 0 aromatic heterocycles. The predicted molar refractivity (Wildman–Crippen MR) is 436 cm³/mol. The fourth-order valence-corrected chi connectivity index (χ4v) is 18.2. The molecule has 4 unspecified atom stereocenters. The standard InChI is InChI=1S/C90H112Br4N5/c1-83(2,3)65-45-61(73(91)69(49-65)87(13,14)15)53-96-77(57-37-29-25-30-38-57)78(58-39-31-26-32-40-58)97(54-62-46-66(84(4,5)6)50-70(74(62)92)88(16,17)18)81(96)95-82-98(55-63-47-67(85(7,8)9)51-71(75(63)93)89(19,20)21)79(59-41-33-27-34-42-59)80(60-43-35-28-36-44-60)99(82)56-64-48-68(86(10,11)12)52-72(76(64)94)90(22,23)24/h25-52,77-80H,53-56H2,1-24H3/q+1. The monoisotopic (exact) mass is 1580 g/mol. The minimum Gasteiger partial charge on any atom is -0.315 e. The third kappa shape index (κ3) is 16.4. The van der Waals surface area contributed by atoms with Gasteiger partial charge in [0.1, 0.15) is 12.1 Å². The molecule has 8 aromatic carbocycles. The maximum Gasteiger partial charge on any atom is 0.394 e. The molecule has 0 spiro atoms. The topological polar surface area (TPSA) is 25.1 Å². The van der Waals surface area contributed by atoms with E-state index in [0.29, 0.717) is 26.2 Å². The van der Waals surface area contributed by atoms with Crippen LogP contribution in [0.2, 0.25) is 0 Å². The van der Waals surface area contributed by atoms with Crippen LogP contribution < -0.4 is 0 Å². The molecule has 9 heteroatoms. The van der Waals surface area contributed by atoms with Crippen molar-refractivity contribution in [1.29, 1.82) is 0 Å². The highest BCUT2D eigenvalue weighted by Crippen LogP contribution is 2.52. The van der Waals surface area contributed by atoms with Crippen LogP contribution in [0.1, 0.15) is 279 Å². The Balaban J connectivity index is 1.45. The first-order valence-electron chi connectivity index (χ1n) is 35.9. The Bertz CT molecular complexity index is 4150. The highest BCUT2D eigenvalue weighted by Gasteiger charge is 2.54. The Hall–Kier alpha value is -5.58. The molecule has 0 radical (unpaired) electrons. The van der Waals surface area contributed by atoms with Gasteiger partial charge in [0.05, 0.1) is 25.2 Å². The second-order valence-electron chi connectivity index (χ2n) is 36.6. The number of guanidine groups is 2. The lowest BCUT2D eigenvalue weighted by molar-refractivity contribution is -0.583. The zero-order valence-corrected chi connectivity index (χ0v) is 70.4. The third-order valence-electron chi connectivity index (χ3n) is 20.4. The number of halogens is 4. The van der Waals surface area contributed by atoms with Gasteiger partial charge in [-0.25, -0.2) is 9.48 Å². The lowest BCUT2D eigenvalue weighted by Crippen LogP contribution is -2.38. The van der Waals surface area contributed by atoms with Gasteiger partial charge in [-0.05, 0) is 126 Å². The maximum absolute atomic E-state index is 6.85. The van der Waals surface area contributed by atoms with Crippen molar-refractivity contribution < 1.29 is 4.58 Å². The number of benzene rings is 8. The first kappa shape index (κ1) is 76.1. The fourth-order valence-electron chi connectivity index (χ4n) is 14.4. The summed E-state index contributed by atoms with van der Waals surface area (Å²) in [5, 5.41) is 0. The summed E-state index contributed by atoms with van der Waals surface area (Å²) < 4.78 is 7.28. The van der Waals surface area contributed by atoms with E-state index in [1.165, 1.54) is 89.0 Å². The Kier molecular flexibility index (Phi) is 21.7. The molecule has 2 aliphatic rings. The highest BCUT2D eigenvalue weighted by molar-refractivity contribution is 9.11. The van der Waals surface area contributed by atoms with Crippen LogP contribution in [0.4, 0.5) is 0 Å². The zero-order chi connectivity index (χ0) is 72.7. The van der Waals surface area contributed by atoms with Gasteiger partial charge in [-0.1, -0.05) is 400 Å². The Morgan fingerprint density at radius 1 is 0.303 bits per heavy atom.